The summed E-state index contributed by atoms with van der Waals surface area (Å²) in [4.78, 5) is 0. The molecule has 0 amide bonds. The minimum absolute atomic E-state index is 0.459. The third kappa shape index (κ3) is 3.97. The lowest BCUT2D eigenvalue weighted by atomic mass is 10.1. The van der Waals surface area contributed by atoms with Crippen molar-refractivity contribution in [2.24, 2.45) is 0 Å². The summed E-state index contributed by atoms with van der Waals surface area (Å²) < 4.78 is 10.7. The number of methoxy groups -OCH3 is 1. The van der Waals surface area contributed by atoms with E-state index in [4.69, 9.17) is 14.7 Å². The van der Waals surface area contributed by atoms with Crippen LogP contribution in [-0.2, 0) is 0 Å². The lowest BCUT2D eigenvalue weighted by molar-refractivity contribution is 0.190. The monoisotopic (exact) mass is 235 g/mol. The summed E-state index contributed by atoms with van der Waals surface area (Å²) in [5.41, 5.74) is 0.725. The molecule has 4 heteroatoms. The Kier molecular flexibility index (Phi) is 5.31. The summed E-state index contributed by atoms with van der Waals surface area (Å²) in [6.45, 7) is 2.14. The number of nitrogens with zero attached hydrogens (tertiary/aromatic N) is 1. The third-order valence-electron chi connectivity index (χ3n) is 2.36. The molecule has 1 atom stereocenters. The van der Waals surface area contributed by atoms with Gasteiger partial charge in [0.1, 0.15) is 11.5 Å². The van der Waals surface area contributed by atoms with Gasteiger partial charge in [0.25, 0.3) is 0 Å². The van der Waals surface area contributed by atoms with Crippen molar-refractivity contribution in [3.05, 3.63) is 23.8 Å². The van der Waals surface area contributed by atoms with E-state index in [1.54, 1.807) is 32.2 Å². The fourth-order valence-electron chi connectivity index (χ4n) is 1.45. The van der Waals surface area contributed by atoms with Gasteiger partial charge in [0, 0.05) is 18.1 Å². The molecule has 0 unspecified atom stereocenters. The Balaban J connectivity index is 2.75. The second-order valence-electron chi connectivity index (χ2n) is 3.69. The lowest BCUT2D eigenvalue weighted by Crippen LogP contribution is -2.02. The van der Waals surface area contributed by atoms with Gasteiger partial charge in [-0.05, 0) is 25.5 Å². The molecule has 0 saturated heterocycles. The maximum absolute atomic E-state index is 9.60. The number of hydrogen-bond acceptors (Lipinski definition) is 4. The van der Waals surface area contributed by atoms with Crippen molar-refractivity contribution in [2.45, 2.75) is 25.9 Å². The number of ether oxygens (including phenoxy) is 2. The van der Waals surface area contributed by atoms with Crippen molar-refractivity contribution in [1.29, 1.82) is 5.26 Å². The maximum atomic E-state index is 9.60. The smallest absolute Gasteiger partial charge is 0.128 e. The summed E-state index contributed by atoms with van der Waals surface area (Å²) in [7, 11) is 1.58. The first-order chi connectivity index (χ1) is 8.19. The van der Waals surface area contributed by atoms with Crippen LogP contribution < -0.4 is 9.47 Å². The van der Waals surface area contributed by atoms with Gasteiger partial charge in [-0.15, -0.1) is 0 Å². The van der Waals surface area contributed by atoms with Crippen LogP contribution in [0.2, 0.25) is 0 Å². The number of nitriles is 1. The number of rotatable bonds is 6. The van der Waals surface area contributed by atoms with Crippen LogP contribution in [0.4, 0.5) is 0 Å². The molecule has 1 N–H and O–H groups in total. The molecule has 0 spiro atoms. The molecule has 0 radical (unpaired) electrons. The summed E-state index contributed by atoms with van der Waals surface area (Å²) in [5, 5.41) is 18.0. The molecule has 0 aliphatic heterocycles. The van der Waals surface area contributed by atoms with Gasteiger partial charge in [-0.2, -0.15) is 5.26 Å². The van der Waals surface area contributed by atoms with Crippen LogP contribution in [-0.4, -0.2) is 18.8 Å². The molecule has 17 heavy (non-hydrogen) atoms. The number of hydrogen-bond donors (Lipinski definition) is 1. The molecule has 0 aliphatic rings. The van der Waals surface area contributed by atoms with Gasteiger partial charge >= 0.3 is 0 Å². The van der Waals surface area contributed by atoms with E-state index >= 15 is 0 Å². The highest BCUT2D eigenvalue weighted by molar-refractivity contribution is 5.41. The molecule has 0 fully saturated rings. The van der Waals surface area contributed by atoms with Crippen molar-refractivity contribution in [2.75, 3.05) is 13.7 Å². The van der Waals surface area contributed by atoms with Crippen molar-refractivity contribution in [3.63, 3.8) is 0 Å². The number of benzene rings is 1. The van der Waals surface area contributed by atoms with E-state index in [2.05, 4.69) is 6.07 Å². The molecule has 0 heterocycles. The molecule has 0 bridgehead atoms. The maximum Gasteiger partial charge on any atom is 0.128 e. The molecule has 0 aromatic heterocycles. The molecule has 1 rings (SSSR count). The van der Waals surface area contributed by atoms with Gasteiger partial charge < -0.3 is 14.6 Å². The Morgan fingerprint density at radius 3 is 2.82 bits per heavy atom. The van der Waals surface area contributed by atoms with E-state index in [1.165, 1.54) is 0 Å². The van der Waals surface area contributed by atoms with Crippen LogP contribution in [0.25, 0.3) is 0 Å². The number of aliphatic hydroxyl groups is 1. The van der Waals surface area contributed by atoms with Crippen LogP contribution in [0.5, 0.6) is 11.5 Å². The highest BCUT2D eigenvalue weighted by Gasteiger charge is 2.10. The molecule has 4 nitrogen and oxygen atoms in total. The van der Waals surface area contributed by atoms with Gasteiger partial charge in [-0.1, -0.05) is 0 Å². The summed E-state index contributed by atoms with van der Waals surface area (Å²) in [5.74, 6) is 1.29. The van der Waals surface area contributed by atoms with Crippen molar-refractivity contribution in [3.8, 4) is 17.6 Å². The van der Waals surface area contributed by atoms with Crippen LogP contribution in [0.15, 0.2) is 18.2 Å². The predicted molar refractivity (Wildman–Crippen MR) is 64.0 cm³/mol. The topological polar surface area (TPSA) is 62.5 Å². The van der Waals surface area contributed by atoms with Gasteiger partial charge in [0.15, 0.2) is 0 Å². The van der Waals surface area contributed by atoms with Crippen molar-refractivity contribution < 1.29 is 14.6 Å². The van der Waals surface area contributed by atoms with E-state index < -0.39 is 6.10 Å². The lowest BCUT2D eigenvalue weighted by Gasteiger charge is -2.14. The summed E-state index contributed by atoms with van der Waals surface area (Å²) in [6, 6.07) is 7.37. The van der Waals surface area contributed by atoms with Crippen LogP contribution >= 0.6 is 0 Å². The Morgan fingerprint density at radius 2 is 2.24 bits per heavy atom. The van der Waals surface area contributed by atoms with E-state index in [1.807, 2.05) is 0 Å². The van der Waals surface area contributed by atoms with Crippen LogP contribution in [0.1, 0.15) is 31.4 Å². The third-order valence-corrected chi connectivity index (χ3v) is 2.36. The number of aliphatic hydroxyl groups excluding tert-OH is 1. The highest BCUT2D eigenvalue weighted by Crippen LogP contribution is 2.29. The average molecular weight is 235 g/mol. The summed E-state index contributed by atoms with van der Waals surface area (Å²) in [6.07, 6.45) is 0.549. The largest absolute Gasteiger partial charge is 0.497 e. The normalized spacial score (nSPS) is 11.6. The minimum atomic E-state index is -0.591. The fraction of sp³-hybridized carbons (Fsp3) is 0.462. The standard InChI is InChI=1S/C13H17NO3/c1-10(15)12-6-5-11(16-2)9-13(12)17-8-4-3-7-14/h5-6,9-10,15H,3-4,8H2,1-2H3/t10-/m0/s1. The average Bonchev–Trinajstić information content (AvgIpc) is 2.34. The van der Waals surface area contributed by atoms with E-state index in [0.29, 0.717) is 30.9 Å². The minimum Gasteiger partial charge on any atom is -0.497 e. The quantitative estimate of drug-likeness (QED) is 0.769. The molecular weight excluding hydrogens is 218 g/mol. The zero-order chi connectivity index (χ0) is 12.7. The summed E-state index contributed by atoms with van der Waals surface area (Å²) >= 11 is 0. The molecule has 1 aromatic rings. The number of unbranched alkanes of at least 4 members (excludes halogenated alkanes) is 1. The Bertz CT molecular complexity index is 396. The Morgan fingerprint density at radius 1 is 1.47 bits per heavy atom. The second kappa shape index (κ2) is 6.77. The van der Waals surface area contributed by atoms with E-state index in [0.717, 1.165) is 5.56 Å². The molecule has 0 saturated carbocycles. The molecule has 1 aromatic carbocycles. The Hall–Kier alpha value is -1.73. The fourth-order valence-corrected chi connectivity index (χ4v) is 1.45. The zero-order valence-electron chi connectivity index (χ0n) is 10.1. The first-order valence-electron chi connectivity index (χ1n) is 5.54. The second-order valence-corrected chi connectivity index (χ2v) is 3.69. The van der Waals surface area contributed by atoms with Gasteiger partial charge in [-0.25, -0.2) is 0 Å². The van der Waals surface area contributed by atoms with Gasteiger partial charge in [-0.3, -0.25) is 0 Å². The predicted octanol–water partition coefficient (Wildman–Crippen LogP) is 2.43. The zero-order valence-corrected chi connectivity index (χ0v) is 10.1. The highest BCUT2D eigenvalue weighted by atomic mass is 16.5. The Labute approximate surface area is 101 Å². The van der Waals surface area contributed by atoms with Crippen molar-refractivity contribution in [1.82, 2.24) is 0 Å². The van der Waals surface area contributed by atoms with Crippen molar-refractivity contribution >= 4 is 0 Å². The van der Waals surface area contributed by atoms with Crippen LogP contribution in [0, 0.1) is 11.3 Å². The molecule has 0 aliphatic carbocycles. The molecular formula is C13H17NO3. The SMILES string of the molecule is COc1ccc([C@H](C)O)c(OCCCC#N)c1. The first kappa shape index (κ1) is 13.3. The van der Waals surface area contributed by atoms with E-state index in [-0.39, 0.29) is 0 Å². The van der Waals surface area contributed by atoms with Crippen LogP contribution in [0.3, 0.4) is 0 Å². The van der Waals surface area contributed by atoms with E-state index in [9.17, 15) is 5.11 Å². The first-order valence-corrected chi connectivity index (χ1v) is 5.54. The van der Waals surface area contributed by atoms with Gasteiger partial charge in [0.05, 0.1) is 25.9 Å². The van der Waals surface area contributed by atoms with Gasteiger partial charge in [0.2, 0.25) is 0 Å². The molecule has 92 valence electrons.